The minimum Gasteiger partial charge on any atom is -0.379 e. The molecule has 1 unspecified atom stereocenters. The third-order valence-electron chi connectivity index (χ3n) is 3.38. The van der Waals surface area contributed by atoms with E-state index in [2.05, 4.69) is 27.5 Å². The number of nitrogens with zero attached hydrogens (tertiary/aromatic N) is 3. The molecule has 1 fully saturated rings. The quantitative estimate of drug-likeness (QED) is 0.398. The van der Waals surface area contributed by atoms with Crippen LogP contribution in [-0.4, -0.2) is 61.1 Å². The minimum absolute atomic E-state index is 0.283. The largest absolute Gasteiger partial charge is 0.379 e. The van der Waals surface area contributed by atoms with E-state index >= 15 is 0 Å². The Morgan fingerprint density at radius 1 is 1.50 bits per heavy atom. The normalized spacial score (nSPS) is 18.6. The van der Waals surface area contributed by atoms with Gasteiger partial charge in [0.1, 0.15) is 0 Å². The van der Waals surface area contributed by atoms with Gasteiger partial charge < -0.3 is 24.7 Å². The third-order valence-corrected chi connectivity index (χ3v) is 3.38. The molecular weight excluding hydrogens is 282 g/mol. The number of ether oxygens (including phenoxy) is 2. The van der Waals surface area contributed by atoms with Gasteiger partial charge in [-0.1, -0.05) is 0 Å². The van der Waals surface area contributed by atoms with Crippen molar-refractivity contribution in [2.24, 2.45) is 4.99 Å². The molecule has 0 aliphatic carbocycles. The Balaban J connectivity index is 1.58. The fourth-order valence-corrected chi connectivity index (χ4v) is 2.21. The van der Waals surface area contributed by atoms with E-state index < -0.39 is 0 Å². The number of hydrogen-bond donors (Lipinski definition) is 2. The van der Waals surface area contributed by atoms with Crippen molar-refractivity contribution in [2.45, 2.75) is 32.4 Å². The van der Waals surface area contributed by atoms with Crippen LogP contribution in [-0.2, 0) is 16.0 Å². The van der Waals surface area contributed by atoms with Crippen LogP contribution in [0.15, 0.2) is 23.7 Å². The zero-order valence-electron chi connectivity index (χ0n) is 13.3. The highest BCUT2D eigenvalue weighted by Gasteiger charge is 2.15. The first-order valence-corrected chi connectivity index (χ1v) is 8.05. The summed E-state index contributed by atoms with van der Waals surface area (Å²) in [7, 11) is 0. The summed E-state index contributed by atoms with van der Waals surface area (Å²) in [6.45, 7) is 7.67. The van der Waals surface area contributed by atoms with Crippen molar-refractivity contribution >= 4 is 5.96 Å². The highest BCUT2D eigenvalue weighted by Crippen LogP contribution is 2.07. The molecule has 0 bridgehead atoms. The van der Waals surface area contributed by atoms with Gasteiger partial charge in [-0.3, -0.25) is 4.99 Å². The van der Waals surface area contributed by atoms with Gasteiger partial charge in [0.25, 0.3) is 0 Å². The van der Waals surface area contributed by atoms with Crippen LogP contribution in [0, 0.1) is 0 Å². The van der Waals surface area contributed by atoms with Gasteiger partial charge in [-0.15, -0.1) is 0 Å². The van der Waals surface area contributed by atoms with E-state index in [0.717, 1.165) is 64.8 Å². The van der Waals surface area contributed by atoms with Gasteiger partial charge in [0, 0.05) is 51.8 Å². The first kappa shape index (κ1) is 16.8. The molecule has 1 aromatic rings. The smallest absolute Gasteiger partial charge is 0.191 e. The van der Waals surface area contributed by atoms with E-state index in [0.29, 0.717) is 0 Å². The maximum atomic E-state index is 5.73. The molecule has 1 saturated heterocycles. The molecule has 0 amide bonds. The molecule has 2 heterocycles. The molecule has 1 aliphatic rings. The Hall–Kier alpha value is -1.60. The molecule has 0 spiro atoms. The number of rotatable bonds is 9. The monoisotopic (exact) mass is 309 g/mol. The predicted octanol–water partition coefficient (Wildman–Crippen LogP) is 0.634. The lowest BCUT2D eigenvalue weighted by molar-refractivity contribution is 0.0424. The molecule has 124 valence electrons. The molecule has 1 atom stereocenters. The topological polar surface area (TPSA) is 72.7 Å². The van der Waals surface area contributed by atoms with Crippen LogP contribution in [0.5, 0.6) is 0 Å². The number of aromatic nitrogens is 2. The van der Waals surface area contributed by atoms with Crippen molar-refractivity contribution in [3.8, 4) is 0 Å². The van der Waals surface area contributed by atoms with Crippen LogP contribution in [0.4, 0.5) is 0 Å². The lowest BCUT2D eigenvalue weighted by Crippen LogP contribution is -2.39. The summed E-state index contributed by atoms with van der Waals surface area (Å²) in [5, 5.41) is 6.57. The van der Waals surface area contributed by atoms with Crippen molar-refractivity contribution in [3.63, 3.8) is 0 Å². The van der Waals surface area contributed by atoms with Crippen LogP contribution in [0.2, 0.25) is 0 Å². The average molecular weight is 309 g/mol. The summed E-state index contributed by atoms with van der Waals surface area (Å²) in [4.78, 5) is 8.58. The van der Waals surface area contributed by atoms with Crippen LogP contribution in [0.3, 0.4) is 0 Å². The van der Waals surface area contributed by atoms with Gasteiger partial charge in [0.05, 0.1) is 19.0 Å². The summed E-state index contributed by atoms with van der Waals surface area (Å²) >= 11 is 0. The molecular formula is C15H27N5O2. The number of imidazole rings is 1. The molecule has 1 aliphatic heterocycles. The van der Waals surface area contributed by atoms with Crippen LogP contribution < -0.4 is 10.6 Å². The molecule has 1 aromatic heterocycles. The maximum Gasteiger partial charge on any atom is 0.191 e. The molecule has 2 N–H and O–H groups in total. The van der Waals surface area contributed by atoms with Crippen molar-refractivity contribution < 1.29 is 9.47 Å². The van der Waals surface area contributed by atoms with E-state index in [4.69, 9.17) is 9.47 Å². The Labute approximate surface area is 132 Å². The number of guanidine groups is 1. The van der Waals surface area contributed by atoms with Crippen molar-refractivity contribution in [1.82, 2.24) is 20.2 Å². The average Bonchev–Trinajstić information content (AvgIpc) is 3.20. The van der Waals surface area contributed by atoms with Gasteiger partial charge in [-0.25, -0.2) is 4.98 Å². The lowest BCUT2D eigenvalue weighted by atomic mass is 10.3. The first-order valence-electron chi connectivity index (χ1n) is 8.05. The van der Waals surface area contributed by atoms with Gasteiger partial charge >= 0.3 is 0 Å². The van der Waals surface area contributed by atoms with Gasteiger partial charge in [-0.05, 0) is 19.8 Å². The van der Waals surface area contributed by atoms with E-state index in [1.54, 1.807) is 6.20 Å². The summed E-state index contributed by atoms with van der Waals surface area (Å²) in [5.74, 6) is 0.854. The van der Waals surface area contributed by atoms with Crippen molar-refractivity contribution in [2.75, 3.05) is 39.5 Å². The Morgan fingerprint density at radius 2 is 2.45 bits per heavy atom. The lowest BCUT2D eigenvalue weighted by Gasteiger charge is -2.12. The van der Waals surface area contributed by atoms with Crippen LogP contribution in [0.25, 0.3) is 0 Å². The van der Waals surface area contributed by atoms with E-state index in [1.165, 1.54) is 0 Å². The van der Waals surface area contributed by atoms with Gasteiger partial charge in [0.15, 0.2) is 5.96 Å². The summed E-state index contributed by atoms with van der Waals surface area (Å²) < 4.78 is 13.0. The number of nitrogens with one attached hydrogen (secondary N) is 2. The highest BCUT2D eigenvalue weighted by atomic mass is 16.5. The Kier molecular flexibility index (Phi) is 7.76. The van der Waals surface area contributed by atoms with E-state index in [9.17, 15) is 0 Å². The van der Waals surface area contributed by atoms with E-state index in [1.807, 2.05) is 17.1 Å². The molecule has 0 radical (unpaired) electrons. The Morgan fingerprint density at radius 3 is 3.18 bits per heavy atom. The zero-order chi connectivity index (χ0) is 15.5. The fourth-order valence-electron chi connectivity index (χ4n) is 2.21. The summed E-state index contributed by atoms with van der Waals surface area (Å²) in [6.07, 6.45) is 7.78. The zero-order valence-corrected chi connectivity index (χ0v) is 13.3. The molecule has 0 aromatic carbocycles. The number of aliphatic imine (C=N–C) groups is 1. The minimum atomic E-state index is 0.283. The van der Waals surface area contributed by atoms with E-state index in [-0.39, 0.29) is 6.10 Å². The third kappa shape index (κ3) is 6.44. The number of hydrogen-bond acceptors (Lipinski definition) is 4. The molecule has 2 rings (SSSR count). The molecule has 22 heavy (non-hydrogen) atoms. The SMILES string of the molecule is CCNC(=NCCCOC1CCOC1)NCCn1ccnc1. The molecule has 0 saturated carbocycles. The summed E-state index contributed by atoms with van der Waals surface area (Å²) in [5.41, 5.74) is 0. The second kappa shape index (κ2) is 10.2. The van der Waals surface area contributed by atoms with Gasteiger partial charge in [0.2, 0.25) is 0 Å². The molecule has 7 nitrogen and oxygen atoms in total. The first-order chi connectivity index (χ1) is 10.9. The second-order valence-electron chi connectivity index (χ2n) is 5.20. The van der Waals surface area contributed by atoms with Crippen LogP contribution >= 0.6 is 0 Å². The van der Waals surface area contributed by atoms with Gasteiger partial charge in [-0.2, -0.15) is 0 Å². The highest BCUT2D eigenvalue weighted by molar-refractivity contribution is 5.79. The van der Waals surface area contributed by atoms with Crippen molar-refractivity contribution in [1.29, 1.82) is 0 Å². The molecule has 7 heteroatoms. The standard InChI is InChI=1S/C15H27N5O2/c1-2-17-15(19-7-9-20-8-6-16-13-20)18-5-3-10-22-14-4-11-21-12-14/h6,8,13-14H,2-5,7,9-12H2,1H3,(H2,17,18,19). The fraction of sp³-hybridized carbons (Fsp3) is 0.733. The van der Waals surface area contributed by atoms with Crippen LogP contribution in [0.1, 0.15) is 19.8 Å². The maximum absolute atomic E-state index is 5.73. The second-order valence-corrected chi connectivity index (χ2v) is 5.20. The van der Waals surface area contributed by atoms with Crippen molar-refractivity contribution in [3.05, 3.63) is 18.7 Å². The Bertz CT molecular complexity index is 416. The summed E-state index contributed by atoms with van der Waals surface area (Å²) in [6, 6.07) is 0. The predicted molar refractivity (Wildman–Crippen MR) is 86.0 cm³/mol.